The van der Waals surface area contributed by atoms with Crippen molar-refractivity contribution in [3.8, 4) is 0 Å². The normalized spacial score (nSPS) is 24.3. The third-order valence-corrected chi connectivity index (χ3v) is 5.80. The minimum atomic E-state index is -0.727. The van der Waals surface area contributed by atoms with Gasteiger partial charge in [-0.3, -0.25) is 9.59 Å². The quantitative estimate of drug-likeness (QED) is 0.803. The molecule has 26 heavy (non-hydrogen) atoms. The fourth-order valence-electron chi connectivity index (χ4n) is 3.63. The molecule has 1 saturated heterocycles. The molecule has 0 bridgehead atoms. The van der Waals surface area contributed by atoms with Crippen LogP contribution in [0.3, 0.4) is 0 Å². The molecular formula is C20H25FN2O2S. The van der Waals surface area contributed by atoms with E-state index < -0.39 is 17.8 Å². The van der Waals surface area contributed by atoms with E-state index in [4.69, 9.17) is 0 Å². The molecule has 0 aromatic heterocycles. The molecule has 1 saturated carbocycles. The number of piperidine rings is 1. The number of thiol groups is 1. The van der Waals surface area contributed by atoms with Crippen LogP contribution in [0.25, 0.3) is 0 Å². The number of ketones is 1. The molecule has 0 radical (unpaired) electrons. The highest BCUT2D eigenvalue weighted by Crippen LogP contribution is 2.42. The van der Waals surface area contributed by atoms with Gasteiger partial charge in [0.2, 0.25) is 5.91 Å². The topological polar surface area (TPSA) is 40.6 Å². The van der Waals surface area contributed by atoms with Crippen molar-refractivity contribution in [1.29, 1.82) is 0 Å². The summed E-state index contributed by atoms with van der Waals surface area (Å²) in [6.45, 7) is 4.65. The molecule has 2 fully saturated rings. The lowest BCUT2D eigenvalue weighted by molar-refractivity contribution is -0.134. The van der Waals surface area contributed by atoms with Crippen molar-refractivity contribution in [3.63, 3.8) is 0 Å². The molecular weight excluding hydrogens is 351 g/mol. The van der Waals surface area contributed by atoms with E-state index in [1.54, 1.807) is 32.3 Å². The summed E-state index contributed by atoms with van der Waals surface area (Å²) in [4.78, 5) is 29.0. The summed E-state index contributed by atoms with van der Waals surface area (Å²) in [7, 11) is 3.39. The predicted octanol–water partition coefficient (Wildman–Crippen LogP) is 3.07. The summed E-state index contributed by atoms with van der Waals surface area (Å²) in [5.41, 5.74) is 0.913. The van der Waals surface area contributed by atoms with Gasteiger partial charge in [-0.25, -0.2) is 4.39 Å². The number of rotatable bonds is 5. The first-order valence-corrected chi connectivity index (χ1v) is 9.47. The summed E-state index contributed by atoms with van der Waals surface area (Å²) in [6, 6.07) is 5.66. The van der Waals surface area contributed by atoms with Crippen LogP contribution in [0.5, 0.6) is 0 Å². The van der Waals surface area contributed by atoms with Gasteiger partial charge in [0.1, 0.15) is 11.9 Å². The molecule has 4 nitrogen and oxygen atoms in total. The highest BCUT2D eigenvalue weighted by molar-refractivity contribution is 7.81. The number of halogens is 1. The number of hydrogen-bond donors (Lipinski definition) is 1. The van der Waals surface area contributed by atoms with E-state index in [9.17, 15) is 14.0 Å². The molecule has 3 unspecified atom stereocenters. The first-order valence-electron chi connectivity index (χ1n) is 8.95. The van der Waals surface area contributed by atoms with E-state index in [2.05, 4.69) is 19.2 Å². The van der Waals surface area contributed by atoms with E-state index in [0.717, 1.165) is 12.8 Å². The van der Waals surface area contributed by atoms with Crippen LogP contribution in [0.15, 0.2) is 36.5 Å². The van der Waals surface area contributed by atoms with Crippen LogP contribution < -0.4 is 0 Å². The van der Waals surface area contributed by atoms with Gasteiger partial charge in [-0.15, -0.1) is 0 Å². The Morgan fingerprint density at radius 2 is 1.92 bits per heavy atom. The Balaban J connectivity index is 1.98. The van der Waals surface area contributed by atoms with Crippen molar-refractivity contribution in [1.82, 2.24) is 9.80 Å². The predicted molar refractivity (Wildman–Crippen MR) is 102 cm³/mol. The lowest BCUT2D eigenvalue weighted by atomic mass is 9.88. The van der Waals surface area contributed by atoms with E-state index >= 15 is 0 Å². The average Bonchev–Trinajstić information content (AvgIpc) is 3.43. The summed E-state index contributed by atoms with van der Waals surface area (Å²) in [6.07, 6.45) is 2.33. The highest BCUT2D eigenvalue weighted by Gasteiger charge is 2.44. The Hall–Kier alpha value is -1.82. The minimum absolute atomic E-state index is 0.0184. The Kier molecular flexibility index (Phi) is 5.42. The van der Waals surface area contributed by atoms with Crippen LogP contribution in [0.1, 0.15) is 30.9 Å². The second-order valence-corrected chi connectivity index (χ2v) is 8.02. The smallest absolute Gasteiger partial charge is 0.232 e. The first-order chi connectivity index (χ1) is 12.3. The number of carbonyl (C=O) groups is 2. The number of carbonyl (C=O) groups excluding carboxylic acids is 2. The number of benzene rings is 1. The average molecular weight is 376 g/mol. The number of nitrogens with zero attached hydrogens (tertiary/aromatic N) is 2. The molecule has 6 heteroatoms. The third-order valence-electron chi connectivity index (χ3n) is 5.25. The Labute approximate surface area is 159 Å². The zero-order valence-electron chi connectivity index (χ0n) is 15.2. The van der Waals surface area contributed by atoms with Gasteiger partial charge in [-0.1, -0.05) is 24.8 Å². The zero-order valence-corrected chi connectivity index (χ0v) is 16.1. The second kappa shape index (κ2) is 7.43. The number of amides is 1. The molecule has 3 atom stereocenters. The Morgan fingerprint density at radius 3 is 2.50 bits per heavy atom. The van der Waals surface area contributed by atoms with Gasteiger partial charge in [0.25, 0.3) is 0 Å². The van der Waals surface area contributed by atoms with Gasteiger partial charge in [0.15, 0.2) is 5.78 Å². The largest absolute Gasteiger partial charge is 0.361 e. The molecule has 0 N–H and O–H groups in total. The monoisotopic (exact) mass is 376 g/mol. The molecule has 0 spiro atoms. The molecule has 3 rings (SSSR count). The fraction of sp³-hybridized carbons (Fsp3) is 0.500. The molecule has 1 aromatic rings. The van der Waals surface area contributed by atoms with Crippen molar-refractivity contribution in [2.24, 2.45) is 11.8 Å². The van der Waals surface area contributed by atoms with Gasteiger partial charge in [-0.05, 0) is 25.3 Å². The Morgan fingerprint density at radius 1 is 1.27 bits per heavy atom. The molecule has 2 aliphatic rings. The number of likely N-dealkylation sites (tertiary alicyclic amines) is 1. The lowest BCUT2D eigenvalue weighted by Crippen LogP contribution is -2.48. The van der Waals surface area contributed by atoms with Gasteiger partial charge in [0.05, 0.1) is 5.92 Å². The van der Waals surface area contributed by atoms with Crippen LogP contribution in [0.2, 0.25) is 0 Å². The van der Waals surface area contributed by atoms with Crippen LogP contribution in [-0.4, -0.2) is 47.4 Å². The fourth-order valence-corrected chi connectivity index (χ4v) is 4.04. The molecule has 1 amide bonds. The highest BCUT2D eigenvalue weighted by atomic mass is 32.1. The van der Waals surface area contributed by atoms with Crippen LogP contribution in [0, 0.1) is 17.7 Å². The van der Waals surface area contributed by atoms with Gasteiger partial charge in [0, 0.05) is 43.1 Å². The zero-order chi connectivity index (χ0) is 19.0. The molecule has 140 valence electrons. The van der Waals surface area contributed by atoms with Crippen molar-refractivity contribution in [2.75, 3.05) is 20.6 Å². The van der Waals surface area contributed by atoms with Crippen LogP contribution in [0.4, 0.5) is 4.39 Å². The molecule has 1 aromatic carbocycles. The van der Waals surface area contributed by atoms with Crippen LogP contribution in [-0.2, 0) is 9.59 Å². The second-order valence-electron chi connectivity index (χ2n) is 7.35. The number of hydrogen-bond acceptors (Lipinski definition) is 4. The first kappa shape index (κ1) is 19.0. The summed E-state index contributed by atoms with van der Waals surface area (Å²) in [5.74, 6) is -1.01. The molecule has 1 heterocycles. The van der Waals surface area contributed by atoms with E-state index in [-0.39, 0.29) is 22.9 Å². The Bertz CT molecular complexity index is 732. The van der Waals surface area contributed by atoms with Gasteiger partial charge < -0.3 is 9.80 Å². The third kappa shape index (κ3) is 3.52. The van der Waals surface area contributed by atoms with Crippen molar-refractivity contribution < 1.29 is 14.0 Å². The molecule has 1 aliphatic heterocycles. The van der Waals surface area contributed by atoms with E-state index in [1.165, 1.54) is 11.0 Å². The summed E-state index contributed by atoms with van der Waals surface area (Å²) < 4.78 is 14.5. The van der Waals surface area contributed by atoms with Crippen molar-refractivity contribution in [2.45, 2.75) is 30.6 Å². The molecule has 1 aliphatic carbocycles. The maximum atomic E-state index is 14.5. The minimum Gasteiger partial charge on any atom is -0.361 e. The summed E-state index contributed by atoms with van der Waals surface area (Å²) in [5, 5.41) is -0.161. The van der Waals surface area contributed by atoms with Crippen LogP contribution >= 0.6 is 12.6 Å². The summed E-state index contributed by atoms with van der Waals surface area (Å²) >= 11 is 4.58. The SMILES string of the molecule is C=C1C(C(=O)N(C)C)C(S)CCN1C(C(=O)C1CC1)c1ccccc1F. The maximum Gasteiger partial charge on any atom is 0.232 e. The van der Waals surface area contributed by atoms with Crippen molar-refractivity contribution >= 4 is 24.3 Å². The number of Topliss-reactive ketones (excluding diaryl/α,β-unsaturated/α-hetero) is 1. The maximum absolute atomic E-state index is 14.5. The lowest BCUT2D eigenvalue weighted by Gasteiger charge is -2.43. The van der Waals surface area contributed by atoms with Gasteiger partial charge >= 0.3 is 0 Å². The van der Waals surface area contributed by atoms with E-state index in [0.29, 0.717) is 24.2 Å². The van der Waals surface area contributed by atoms with E-state index in [1.807, 2.05) is 4.90 Å². The standard InChI is InChI=1S/C20H25FN2O2S/c1-12-17(20(25)22(2)3)16(26)10-11-23(12)18(19(24)13-8-9-13)14-6-4-5-7-15(14)21/h4-7,13,16-18,26H,1,8-11H2,2-3H3. The van der Waals surface area contributed by atoms with Gasteiger partial charge in [-0.2, -0.15) is 12.6 Å². The van der Waals surface area contributed by atoms with Crippen molar-refractivity contribution in [3.05, 3.63) is 47.9 Å².